The van der Waals surface area contributed by atoms with Gasteiger partial charge < -0.3 is 0 Å². The molecule has 0 aliphatic carbocycles. The van der Waals surface area contributed by atoms with Gasteiger partial charge in [0.1, 0.15) is 0 Å². The van der Waals surface area contributed by atoms with Crippen LogP contribution in [0.25, 0.3) is 0 Å². The van der Waals surface area contributed by atoms with Crippen LogP contribution in [0.1, 0.15) is 71.1 Å². The van der Waals surface area contributed by atoms with Crippen LogP contribution in [0.3, 0.4) is 0 Å². The maximum absolute atomic E-state index is 4.95. The van der Waals surface area contributed by atoms with Crippen LogP contribution < -0.4 is 0 Å². The molecule has 0 amide bonds. The van der Waals surface area contributed by atoms with Crippen molar-refractivity contribution in [2.24, 2.45) is 20.0 Å². The van der Waals surface area contributed by atoms with Crippen molar-refractivity contribution in [2.75, 3.05) is 0 Å². The molecule has 0 aromatic rings. The second-order valence-electron chi connectivity index (χ2n) is 9.59. The predicted octanol–water partition coefficient (Wildman–Crippen LogP) is 7.87. The van der Waals surface area contributed by atoms with Crippen LogP contribution in [0.5, 0.6) is 0 Å². The quantitative estimate of drug-likeness (QED) is 0.297. The molecule has 0 saturated carbocycles. The zero-order valence-corrected chi connectivity index (χ0v) is 20.7. The fourth-order valence-electron chi connectivity index (χ4n) is 4.82. The fourth-order valence-corrected chi connectivity index (χ4v) is 4.82. The maximum Gasteiger partial charge on any atom is 0.0691 e. The van der Waals surface area contributed by atoms with Crippen LogP contribution in [0.4, 0.5) is 0 Å². The third-order valence-corrected chi connectivity index (χ3v) is 6.73. The standard InChI is InChI=1S/C31H34N4/c1-2-3-4-5-6-7-8-9-10-11-29-30-18-16-27(34-30)21-25-14-12-23(32-25)20-24-13-15-26(33-24)22-28-17-19-31(29)35-28/h12-22H,2-11H2,1H3. The highest BCUT2D eigenvalue weighted by Crippen LogP contribution is 2.27. The summed E-state index contributed by atoms with van der Waals surface area (Å²) in [5.41, 5.74) is 8.82. The third-order valence-electron chi connectivity index (χ3n) is 6.73. The van der Waals surface area contributed by atoms with Crippen LogP contribution in [-0.4, -0.2) is 22.8 Å². The third kappa shape index (κ3) is 6.19. The first-order valence-electron chi connectivity index (χ1n) is 13.2. The molecule has 5 aliphatic heterocycles. The largest absolute Gasteiger partial charge is 0.249 e. The number of nitrogens with zero attached hydrogens (tertiary/aromatic N) is 4. The van der Waals surface area contributed by atoms with E-state index in [0.717, 1.165) is 52.1 Å². The summed E-state index contributed by atoms with van der Waals surface area (Å²) in [5.74, 6) is 0. The lowest BCUT2D eigenvalue weighted by Crippen LogP contribution is -2.01. The molecule has 5 heterocycles. The van der Waals surface area contributed by atoms with Crippen molar-refractivity contribution in [1.29, 1.82) is 0 Å². The first kappa shape index (κ1) is 23.3. The Hall–Kier alpha value is -3.40. The van der Waals surface area contributed by atoms with E-state index >= 15 is 0 Å². The van der Waals surface area contributed by atoms with Gasteiger partial charge >= 0.3 is 0 Å². The zero-order chi connectivity index (χ0) is 23.9. The fraction of sp³-hybridized carbons (Fsp3) is 0.355. The molecule has 0 aromatic heterocycles. The second kappa shape index (κ2) is 11.4. The number of allylic oxidation sites excluding steroid dienone is 12. The second-order valence-corrected chi connectivity index (χ2v) is 9.59. The Kier molecular flexibility index (Phi) is 7.57. The molecule has 0 spiro atoms. The number of unbranched alkanes of at least 4 members (excludes halogenated alkanes) is 8. The number of hydrogen-bond donors (Lipinski definition) is 0. The molecule has 5 rings (SSSR count). The summed E-state index contributed by atoms with van der Waals surface area (Å²) in [6.45, 7) is 2.28. The van der Waals surface area contributed by atoms with E-state index in [-0.39, 0.29) is 0 Å². The van der Waals surface area contributed by atoms with E-state index in [0.29, 0.717) is 0 Å². The minimum absolute atomic E-state index is 0.908. The zero-order valence-electron chi connectivity index (χ0n) is 20.7. The lowest BCUT2D eigenvalue weighted by atomic mass is 9.99. The van der Waals surface area contributed by atoms with Gasteiger partial charge in [-0.3, -0.25) is 0 Å². The van der Waals surface area contributed by atoms with Gasteiger partial charge in [0.05, 0.1) is 45.6 Å². The van der Waals surface area contributed by atoms with E-state index in [1.165, 1.54) is 63.4 Å². The Morgan fingerprint density at radius 3 is 1.66 bits per heavy atom. The number of fused-ring (bicyclic) bond motifs is 4. The Labute approximate surface area is 209 Å². The molecule has 0 saturated heterocycles. The van der Waals surface area contributed by atoms with E-state index in [9.17, 15) is 0 Å². The normalized spacial score (nSPS) is 19.6. The van der Waals surface area contributed by atoms with Gasteiger partial charge in [-0.2, -0.15) is 0 Å². The molecule has 0 unspecified atom stereocenters. The molecule has 178 valence electrons. The molecule has 0 N–H and O–H groups in total. The molecule has 0 fully saturated rings. The minimum Gasteiger partial charge on any atom is -0.249 e. The van der Waals surface area contributed by atoms with Crippen LogP contribution in [0, 0.1) is 0 Å². The highest BCUT2D eigenvalue weighted by Gasteiger charge is 2.17. The van der Waals surface area contributed by atoms with E-state index in [4.69, 9.17) is 20.0 Å². The van der Waals surface area contributed by atoms with Crippen molar-refractivity contribution in [3.63, 3.8) is 0 Å². The highest BCUT2D eigenvalue weighted by molar-refractivity contribution is 6.16. The SMILES string of the molecule is CCCCCCCCCCCC1=C2C=CC(=N2)C=C2C=CC(=N2)C=C2C=CC(=N2)C=C2C=CC1=N2. The molecule has 4 nitrogen and oxygen atoms in total. The Balaban J connectivity index is 1.34. The summed E-state index contributed by atoms with van der Waals surface area (Å²) >= 11 is 0. The Bertz CT molecular complexity index is 1230. The molecule has 4 heteroatoms. The van der Waals surface area contributed by atoms with Crippen molar-refractivity contribution < 1.29 is 0 Å². The first-order valence-corrected chi connectivity index (χ1v) is 13.2. The predicted molar refractivity (Wildman–Crippen MR) is 149 cm³/mol. The van der Waals surface area contributed by atoms with Crippen molar-refractivity contribution in [2.45, 2.75) is 71.1 Å². The summed E-state index contributed by atoms with van der Waals surface area (Å²) < 4.78 is 0. The van der Waals surface area contributed by atoms with Gasteiger partial charge in [0.15, 0.2) is 0 Å². The highest BCUT2D eigenvalue weighted by atomic mass is 14.8. The molecule has 35 heavy (non-hydrogen) atoms. The summed E-state index contributed by atoms with van der Waals surface area (Å²) in [7, 11) is 0. The minimum atomic E-state index is 0.908. The Morgan fingerprint density at radius 2 is 1.00 bits per heavy atom. The summed E-state index contributed by atoms with van der Waals surface area (Å²) in [6, 6.07) is 0. The van der Waals surface area contributed by atoms with Crippen molar-refractivity contribution in [1.82, 2.24) is 0 Å². The smallest absolute Gasteiger partial charge is 0.0691 e. The summed E-state index contributed by atoms with van der Waals surface area (Å²) in [5, 5.41) is 0. The number of aliphatic imine (C=N–C) groups is 4. The molecule has 0 radical (unpaired) electrons. The molecule has 0 atom stereocenters. The average Bonchev–Trinajstić information content (AvgIpc) is 3.65. The van der Waals surface area contributed by atoms with Crippen LogP contribution in [0.2, 0.25) is 0 Å². The van der Waals surface area contributed by atoms with E-state index in [1.807, 2.05) is 42.5 Å². The summed E-state index contributed by atoms with van der Waals surface area (Å²) in [4.78, 5) is 19.3. The van der Waals surface area contributed by atoms with Gasteiger partial charge in [-0.1, -0.05) is 58.3 Å². The summed E-state index contributed by atoms with van der Waals surface area (Å²) in [6.07, 6.45) is 35.6. The molecule has 5 aliphatic rings. The number of rotatable bonds is 10. The molecule has 0 aromatic carbocycles. The van der Waals surface area contributed by atoms with Crippen LogP contribution in [-0.2, 0) is 0 Å². The average molecular weight is 463 g/mol. The van der Waals surface area contributed by atoms with Crippen molar-refractivity contribution in [3.8, 4) is 0 Å². The van der Waals surface area contributed by atoms with Gasteiger partial charge in [-0.15, -0.1) is 0 Å². The number of hydrogen-bond acceptors (Lipinski definition) is 4. The van der Waals surface area contributed by atoms with E-state index in [2.05, 4.69) is 31.2 Å². The van der Waals surface area contributed by atoms with E-state index in [1.54, 1.807) is 0 Å². The van der Waals surface area contributed by atoms with Crippen LogP contribution >= 0.6 is 0 Å². The van der Waals surface area contributed by atoms with Crippen molar-refractivity contribution in [3.05, 3.63) is 95.2 Å². The first-order chi connectivity index (χ1) is 17.3. The molecular weight excluding hydrogens is 428 g/mol. The van der Waals surface area contributed by atoms with Crippen molar-refractivity contribution >= 4 is 22.8 Å². The lowest BCUT2D eigenvalue weighted by molar-refractivity contribution is 0.565. The Morgan fingerprint density at radius 1 is 0.486 bits per heavy atom. The molecular formula is C31H34N4. The van der Waals surface area contributed by atoms with Gasteiger partial charge in [-0.25, -0.2) is 20.0 Å². The van der Waals surface area contributed by atoms with E-state index < -0.39 is 0 Å². The van der Waals surface area contributed by atoms with Gasteiger partial charge in [-0.05, 0) is 79.7 Å². The topological polar surface area (TPSA) is 49.4 Å². The molecule has 8 bridgehead atoms. The maximum atomic E-state index is 4.95. The van der Waals surface area contributed by atoms with Gasteiger partial charge in [0, 0.05) is 5.57 Å². The van der Waals surface area contributed by atoms with Gasteiger partial charge in [0.25, 0.3) is 0 Å². The van der Waals surface area contributed by atoms with Crippen LogP contribution in [0.15, 0.2) is 115 Å². The van der Waals surface area contributed by atoms with Gasteiger partial charge in [0.2, 0.25) is 0 Å². The monoisotopic (exact) mass is 462 g/mol. The lowest BCUT2D eigenvalue weighted by Gasteiger charge is -2.09.